The Morgan fingerprint density at radius 3 is 2.00 bits per heavy atom. The molecule has 4 aromatic carbocycles. The van der Waals surface area contributed by atoms with E-state index in [4.69, 9.17) is 4.74 Å². The molecule has 2 unspecified atom stereocenters. The molecule has 2 aromatic heterocycles. The number of imide groups is 2. The second kappa shape index (κ2) is 8.09. The summed E-state index contributed by atoms with van der Waals surface area (Å²) in [6, 6.07) is 22.1. The Bertz CT molecular complexity index is 2400. The molecule has 220 valence electrons. The second-order valence-electron chi connectivity index (χ2n) is 12.5. The van der Waals surface area contributed by atoms with Crippen molar-refractivity contribution in [3.8, 4) is 5.75 Å². The van der Waals surface area contributed by atoms with E-state index in [0.29, 0.717) is 35.1 Å². The summed E-state index contributed by atoms with van der Waals surface area (Å²) >= 11 is 0. The van der Waals surface area contributed by atoms with Gasteiger partial charge in [0.1, 0.15) is 11.3 Å². The number of para-hydroxylation sites is 2. The van der Waals surface area contributed by atoms with E-state index < -0.39 is 17.6 Å². The summed E-state index contributed by atoms with van der Waals surface area (Å²) in [5.41, 5.74) is 3.97. The zero-order valence-electron chi connectivity index (χ0n) is 24.1. The fourth-order valence-electron chi connectivity index (χ4n) is 8.75. The maximum atomic E-state index is 14.5. The zero-order chi connectivity index (χ0) is 30.4. The van der Waals surface area contributed by atoms with E-state index >= 15 is 0 Å². The Labute approximate surface area is 255 Å². The van der Waals surface area contributed by atoms with Crippen LogP contribution in [0.15, 0.2) is 72.8 Å². The third-order valence-corrected chi connectivity index (χ3v) is 10.5. The van der Waals surface area contributed by atoms with Gasteiger partial charge in [0.2, 0.25) is 0 Å². The van der Waals surface area contributed by atoms with Crippen molar-refractivity contribution in [1.82, 2.24) is 24.7 Å². The third kappa shape index (κ3) is 2.81. The Morgan fingerprint density at radius 2 is 1.40 bits per heavy atom. The Hall–Kier alpha value is -5.64. The van der Waals surface area contributed by atoms with Crippen molar-refractivity contribution in [1.29, 1.82) is 0 Å². The van der Waals surface area contributed by atoms with Crippen molar-refractivity contribution in [3.63, 3.8) is 0 Å². The summed E-state index contributed by atoms with van der Waals surface area (Å²) in [6.45, 7) is 0.122. The van der Waals surface area contributed by atoms with Gasteiger partial charge in [0, 0.05) is 45.0 Å². The molecule has 2 N–H and O–H groups in total. The largest absolute Gasteiger partial charge is 0.497 e. The highest BCUT2D eigenvalue weighted by molar-refractivity contribution is 6.39. The predicted molar refractivity (Wildman–Crippen MR) is 166 cm³/mol. The van der Waals surface area contributed by atoms with Crippen LogP contribution < -0.4 is 15.4 Å². The van der Waals surface area contributed by atoms with Crippen molar-refractivity contribution in [3.05, 3.63) is 89.5 Å². The normalized spacial score (nSPS) is 23.3. The van der Waals surface area contributed by atoms with Gasteiger partial charge in [0.15, 0.2) is 0 Å². The Balaban J connectivity index is 1.34. The second-order valence-corrected chi connectivity index (χ2v) is 12.5. The van der Waals surface area contributed by atoms with Crippen molar-refractivity contribution in [2.75, 3.05) is 7.11 Å². The highest BCUT2D eigenvalue weighted by Gasteiger charge is 2.60. The first-order valence-corrected chi connectivity index (χ1v) is 15.0. The van der Waals surface area contributed by atoms with E-state index in [1.807, 2.05) is 72.8 Å². The van der Waals surface area contributed by atoms with Gasteiger partial charge in [-0.25, -0.2) is 4.79 Å². The van der Waals surface area contributed by atoms with Crippen LogP contribution in [-0.4, -0.2) is 50.4 Å². The number of rotatable bonds is 3. The van der Waals surface area contributed by atoms with E-state index in [-0.39, 0.29) is 30.3 Å². The summed E-state index contributed by atoms with van der Waals surface area (Å²) in [5, 5.41) is 8.70. The lowest BCUT2D eigenvalue weighted by Crippen LogP contribution is -2.50. The molecule has 6 aromatic rings. The van der Waals surface area contributed by atoms with Crippen LogP contribution in [0.2, 0.25) is 0 Å². The average molecular weight is 596 g/mol. The summed E-state index contributed by atoms with van der Waals surface area (Å²) in [6.07, 6.45) is 1.00. The first kappa shape index (κ1) is 24.8. The number of urea groups is 1. The van der Waals surface area contributed by atoms with E-state index in [9.17, 15) is 19.2 Å². The Kier molecular flexibility index (Phi) is 4.45. The number of benzene rings is 4. The van der Waals surface area contributed by atoms with E-state index in [1.54, 1.807) is 7.11 Å². The van der Waals surface area contributed by atoms with Crippen LogP contribution in [0, 0.1) is 0 Å². The van der Waals surface area contributed by atoms with Gasteiger partial charge in [0.05, 0.1) is 41.9 Å². The van der Waals surface area contributed by atoms with Crippen molar-refractivity contribution < 1.29 is 23.9 Å². The minimum atomic E-state index is -1.15. The van der Waals surface area contributed by atoms with Crippen LogP contribution in [0.5, 0.6) is 5.75 Å². The van der Waals surface area contributed by atoms with E-state index in [1.165, 1.54) is 4.90 Å². The number of fused-ring (bicyclic) bond motifs is 14. The number of aromatic nitrogens is 2. The first-order valence-electron chi connectivity index (χ1n) is 15.0. The molecule has 10 rings (SSSR count). The number of hydrogen-bond donors (Lipinski definition) is 2. The van der Waals surface area contributed by atoms with Gasteiger partial charge in [0.25, 0.3) is 17.7 Å². The van der Waals surface area contributed by atoms with Gasteiger partial charge in [-0.05, 0) is 36.2 Å². The lowest BCUT2D eigenvalue weighted by atomic mass is 9.92. The SMILES string of the molecule is COc1ccc(CN2C(=O)c3c(c4c5ccccc5n5c4c4c3c3ccccc3n4C3CC5[C@]4(C3)NC(=O)NC4=O)C2=O)cc1. The number of amides is 5. The predicted octanol–water partition coefficient (Wildman–Crippen LogP) is 5.18. The summed E-state index contributed by atoms with van der Waals surface area (Å²) in [5.74, 6) is -0.302. The van der Waals surface area contributed by atoms with Crippen LogP contribution in [0.25, 0.3) is 43.6 Å². The maximum Gasteiger partial charge on any atom is 0.322 e. The van der Waals surface area contributed by atoms with Crippen molar-refractivity contribution >= 4 is 67.4 Å². The molecular weight excluding hydrogens is 570 g/mol. The Morgan fingerprint density at radius 1 is 0.800 bits per heavy atom. The third-order valence-electron chi connectivity index (χ3n) is 10.5. The quantitative estimate of drug-likeness (QED) is 0.216. The molecule has 1 aliphatic carbocycles. The molecule has 1 spiro atoms. The summed E-state index contributed by atoms with van der Waals surface area (Å²) in [4.78, 5) is 56.6. The van der Waals surface area contributed by atoms with Crippen LogP contribution in [0.4, 0.5) is 4.79 Å². The van der Waals surface area contributed by atoms with Gasteiger partial charge in [-0.3, -0.25) is 24.6 Å². The van der Waals surface area contributed by atoms with Gasteiger partial charge in [-0.1, -0.05) is 48.5 Å². The monoisotopic (exact) mass is 595 g/mol. The summed E-state index contributed by atoms with van der Waals surface area (Å²) < 4.78 is 9.73. The number of carbonyl (C=O) groups excluding carboxylic acids is 4. The summed E-state index contributed by atoms with van der Waals surface area (Å²) in [7, 11) is 1.60. The minimum Gasteiger partial charge on any atom is -0.497 e. The number of ether oxygens (including phenoxy) is 1. The van der Waals surface area contributed by atoms with E-state index in [0.717, 1.165) is 43.8 Å². The number of carbonyl (C=O) groups is 4. The molecule has 45 heavy (non-hydrogen) atoms. The lowest BCUT2D eigenvalue weighted by molar-refractivity contribution is -0.124. The number of hydrogen-bond acceptors (Lipinski definition) is 5. The molecule has 4 aliphatic rings. The fraction of sp³-hybridized carbons (Fsp3) is 0.200. The molecule has 10 heteroatoms. The zero-order valence-corrected chi connectivity index (χ0v) is 24.1. The van der Waals surface area contributed by atoms with Crippen LogP contribution in [0.1, 0.15) is 51.2 Å². The topological polar surface area (TPSA) is 115 Å². The molecule has 3 atom stereocenters. The average Bonchev–Trinajstić information content (AvgIpc) is 3.79. The lowest BCUT2D eigenvalue weighted by Gasteiger charge is -2.31. The minimum absolute atomic E-state index is 0.122. The van der Waals surface area contributed by atoms with Crippen LogP contribution >= 0.6 is 0 Å². The molecule has 1 saturated heterocycles. The highest BCUT2D eigenvalue weighted by Crippen LogP contribution is 2.57. The molecule has 1 saturated carbocycles. The molecular formula is C35H25N5O5. The van der Waals surface area contributed by atoms with Gasteiger partial charge in [-0.15, -0.1) is 0 Å². The number of methoxy groups -OCH3 is 1. The van der Waals surface area contributed by atoms with Crippen molar-refractivity contribution in [2.24, 2.45) is 0 Å². The molecule has 3 aliphatic heterocycles. The maximum absolute atomic E-state index is 14.5. The van der Waals surface area contributed by atoms with E-state index in [2.05, 4.69) is 19.8 Å². The van der Waals surface area contributed by atoms with Gasteiger partial charge in [-0.2, -0.15) is 0 Å². The standard InChI is InChI=1S/C35H25N5O5/c1-45-19-12-10-17(11-13-19)16-38-31(41)27-25-20-6-2-4-8-22(20)39-18-14-24(35(15-18)33(43)36-34(44)37-35)40-23-9-5-3-7-21(23)26(28(27)32(38)42)30(40)29(25)39/h2-13,18,24H,14-16H2,1H3,(H2,36,37,43,44)/t18?,24?,35-/m0/s1. The van der Waals surface area contributed by atoms with Crippen LogP contribution in [-0.2, 0) is 11.3 Å². The fourth-order valence-corrected chi connectivity index (χ4v) is 8.75. The highest BCUT2D eigenvalue weighted by atomic mass is 16.5. The molecule has 5 amide bonds. The number of nitrogens with one attached hydrogen (secondary N) is 2. The van der Waals surface area contributed by atoms with Gasteiger partial charge >= 0.3 is 6.03 Å². The first-order chi connectivity index (χ1) is 21.9. The molecule has 2 bridgehead atoms. The molecule has 2 fully saturated rings. The number of nitrogens with zero attached hydrogens (tertiary/aromatic N) is 3. The molecule has 10 nitrogen and oxygen atoms in total. The molecule has 5 heterocycles. The molecule has 0 radical (unpaired) electrons. The smallest absolute Gasteiger partial charge is 0.322 e. The van der Waals surface area contributed by atoms with Crippen LogP contribution in [0.3, 0.4) is 0 Å². The van der Waals surface area contributed by atoms with Gasteiger partial charge < -0.3 is 19.2 Å². The van der Waals surface area contributed by atoms with Crippen molar-refractivity contribution in [2.45, 2.75) is 37.0 Å².